The smallest absolute Gasteiger partial charge is 0.339 e. The van der Waals surface area contributed by atoms with Gasteiger partial charge in [0.25, 0.3) is 0 Å². The largest absolute Gasteiger partial charge is 0.379 e. The predicted octanol–water partition coefficient (Wildman–Crippen LogP) is 6.60. The van der Waals surface area contributed by atoms with Gasteiger partial charge in [-0.3, -0.25) is 9.59 Å². The van der Waals surface area contributed by atoms with E-state index in [-0.39, 0.29) is 28.1 Å². The molecule has 9 heteroatoms. The number of ketones is 1. The molecule has 3 aliphatic rings. The van der Waals surface area contributed by atoms with Gasteiger partial charge in [-0.05, 0) is 105 Å². The molecule has 0 saturated heterocycles. The Labute approximate surface area is 245 Å². The van der Waals surface area contributed by atoms with Gasteiger partial charge in [0.1, 0.15) is 16.4 Å². The zero-order chi connectivity index (χ0) is 28.9. The minimum atomic E-state index is -3.92. The van der Waals surface area contributed by atoms with Crippen LogP contribution in [-0.2, 0) is 26.1 Å². The van der Waals surface area contributed by atoms with Gasteiger partial charge >= 0.3 is 10.1 Å². The summed E-state index contributed by atoms with van der Waals surface area (Å²) in [5.74, 6) is 1.75. The number of hydrogen-bond acceptors (Lipinski definition) is 7. The van der Waals surface area contributed by atoms with E-state index in [1.54, 1.807) is 36.5 Å². The molecule has 0 spiro atoms. The first-order chi connectivity index (χ1) is 19.5. The molecule has 3 aliphatic carbocycles. The van der Waals surface area contributed by atoms with Crippen LogP contribution in [-0.4, -0.2) is 25.1 Å². The van der Waals surface area contributed by atoms with Crippen LogP contribution in [0.1, 0.15) is 72.9 Å². The Morgan fingerprint density at radius 1 is 1.15 bits per heavy atom. The van der Waals surface area contributed by atoms with Crippen LogP contribution in [0.2, 0.25) is 0 Å². The molecule has 1 N–H and O–H groups in total. The van der Waals surface area contributed by atoms with Crippen LogP contribution in [0.3, 0.4) is 0 Å². The lowest BCUT2D eigenvalue weighted by Gasteiger charge is -2.50. The molecule has 2 aromatic carbocycles. The van der Waals surface area contributed by atoms with E-state index in [1.807, 2.05) is 26.0 Å². The number of rotatable bonds is 7. The maximum atomic E-state index is 13.3. The number of aryl methyl sites for hydroxylation is 3. The molecule has 0 aliphatic heterocycles. The molecule has 1 heterocycles. The van der Waals surface area contributed by atoms with E-state index in [4.69, 9.17) is 4.18 Å². The average molecular weight is 593 g/mol. The fourth-order valence-electron chi connectivity index (χ4n) is 7.73. The van der Waals surface area contributed by atoms with Gasteiger partial charge in [-0.2, -0.15) is 8.42 Å². The van der Waals surface area contributed by atoms with Crippen molar-refractivity contribution in [1.82, 2.24) is 4.98 Å². The molecule has 0 radical (unpaired) electrons. The quantitative estimate of drug-likeness (QED) is 0.310. The summed E-state index contributed by atoms with van der Waals surface area (Å²) in [6, 6.07) is 12.3. The topological polar surface area (TPSA) is 102 Å². The van der Waals surface area contributed by atoms with Crippen molar-refractivity contribution >= 4 is 38.3 Å². The van der Waals surface area contributed by atoms with Crippen molar-refractivity contribution in [2.45, 2.75) is 76.5 Å². The minimum absolute atomic E-state index is 0.0464. The number of carbonyl (C=O) groups is 2. The number of fused-ring (bicyclic) bond motifs is 5. The molecule has 41 heavy (non-hydrogen) atoms. The summed E-state index contributed by atoms with van der Waals surface area (Å²) < 4.78 is 31.3. The van der Waals surface area contributed by atoms with Crippen molar-refractivity contribution < 1.29 is 22.2 Å². The van der Waals surface area contributed by atoms with E-state index in [1.165, 1.54) is 16.9 Å². The van der Waals surface area contributed by atoms with E-state index >= 15 is 0 Å². The van der Waals surface area contributed by atoms with Crippen molar-refractivity contribution in [2.24, 2.45) is 23.2 Å². The number of carbonyl (C=O) groups excluding carboxylic acids is 2. The molecule has 1 amide bonds. The summed E-state index contributed by atoms with van der Waals surface area (Å²) in [6.07, 6.45) is 6.92. The summed E-state index contributed by atoms with van der Waals surface area (Å²) >= 11 is 1.46. The van der Waals surface area contributed by atoms with Gasteiger partial charge in [-0.15, -0.1) is 11.3 Å². The molecule has 3 unspecified atom stereocenters. The average Bonchev–Trinajstić information content (AvgIpc) is 3.46. The first-order valence-corrected chi connectivity index (χ1v) is 16.7. The first-order valence-electron chi connectivity index (χ1n) is 14.4. The van der Waals surface area contributed by atoms with Crippen LogP contribution in [0.15, 0.2) is 53.6 Å². The SMILES string of the molecule is Cc1ccc(S(=O)(=O)Oc2ccc3c(c2)CCC2C3CC[C@]3(C)C(=O)C[C@@H](CCC(=O)Nc4ncc(C)s4)C23)cc1. The molecule has 6 rings (SSSR count). The number of Topliss-reactive ketones (excluding diaryl/α,β-unsaturated/α-hetero) is 1. The molecule has 2 saturated carbocycles. The number of nitrogens with one attached hydrogen (secondary N) is 1. The van der Waals surface area contributed by atoms with Crippen LogP contribution in [0, 0.1) is 37.0 Å². The Bertz CT molecular complexity index is 1600. The fraction of sp³-hybridized carbons (Fsp3) is 0.469. The van der Waals surface area contributed by atoms with Gasteiger partial charge < -0.3 is 9.50 Å². The molecule has 1 aromatic heterocycles. The second-order valence-electron chi connectivity index (χ2n) is 12.3. The van der Waals surface area contributed by atoms with Gasteiger partial charge in [0.2, 0.25) is 5.91 Å². The summed E-state index contributed by atoms with van der Waals surface area (Å²) in [7, 11) is -3.92. The molecular formula is C32H36N2O5S2. The highest BCUT2D eigenvalue weighted by molar-refractivity contribution is 7.87. The molecule has 3 aromatic rings. The van der Waals surface area contributed by atoms with Gasteiger partial charge in [-0.25, -0.2) is 4.98 Å². The summed E-state index contributed by atoms with van der Waals surface area (Å²) in [5, 5.41) is 3.53. The lowest BCUT2D eigenvalue weighted by Crippen LogP contribution is -2.44. The van der Waals surface area contributed by atoms with Crippen LogP contribution in [0.5, 0.6) is 5.75 Å². The van der Waals surface area contributed by atoms with Gasteiger partial charge in [0.05, 0.1) is 0 Å². The van der Waals surface area contributed by atoms with Gasteiger partial charge in [0, 0.05) is 29.3 Å². The van der Waals surface area contributed by atoms with E-state index in [9.17, 15) is 18.0 Å². The molecule has 7 nitrogen and oxygen atoms in total. The third kappa shape index (κ3) is 5.34. The highest BCUT2D eigenvalue weighted by Gasteiger charge is 2.58. The lowest BCUT2D eigenvalue weighted by molar-refractivity contribution is -0.129. The van der Waals surface area contributed by atoms with E-state index in [2.05, 4.69) is 17.2 Å². The normalized spacial score (nSPS) is 27.0. The second-order valence-corrected chi connectivity index (χ2v) is 15.0. The van der Waals surface area contributed by atoms with Crippen LogP contribution in [0.25, 0.3) is 0 Å². The third-order valence-electron chi connectivity index (χ3n) is 9.67. The summed E-state index contributed by atoms with van der Waals surface area (Å²) in [6.45, 7) is 6.02. The fourth-order valence-corrected chi connectivity index (χ4v) is 9.33. The Balaban J connectivity index is 1.18. The number of benzene rings is 2. The second kappa shape index (κ2) is 10.7. The zero-order valence-corrected chi connectivity index (χ0v) is 25.3. The molecule has 0 bridgehead atoms. The Kier molecular flexibility index (Phi) is 7.30. The van der Waals surface area contributed by atoms with Crippen molar-refractivity contribution in [3.8, 4) is 5.75 Å². The Morgan fingerprint density at radius 2 is 1.93 bits per heavy atom. The van der Waals surface area contributed by atoms with E-state index < -0.39 is 10.1 Å². The third-order valence-corrected chi connectivity index (χ3v) is 11.8. The summed E-state index contributed by atoms with van der Waals surface area (Å²) in [4.78, 5) is 31.5. The predicted molar refractivity (Wildman–Crippen MR) is 159 cm³/mol. The Morgan fingerprint density at radius 3 is 2.66 bits per heavy atom. The number of amides is 1. The Hall–Kier alpha value is -3.04. The standard InChI is InChI=1S/C32H36N2O5S2/c1-19-4-9-24(10-5-19)41(37,38)39-23-8-12-25-21(16-23)6-11-27-26(25)14-15-32(3)28(35)17-22(30(27)32)7-13-29(36)34-31-33-18-20(2)40-31/h4-5,8-10,12,16,18,22,26-27,30H,6-7,11,13-15,17H2,1-3H3,(H,33,34,36)/t22-,26?,27?,30?,32-/m1/s1. The monoisotopic (exact) mass is 592 g/mol. The van der Waals surface area contributed by atoms with E-state index in [0.717, 1.165) is 41.7 Å². The number of thiazole rings is 1. The maximum absolute atomic E-state index is 13.3. The van der Waals surface area contributed by atoms with Crippen molar-refractivity contribution in [2.75, 3.05) is 5.32 Å². The maximum Gasteiger partial charge on any atom is 0.339 e. The van der Waals surface area contributed by atoms with E-state index in [0.29, 0.717) is 47.8 Å². The number of anilines is 1. The van der Waals surface area contributed by atoms with Crippen molar-refractivity contribution in [1.29, 1.82) is 0 Å². The first kappa shape index (κ1) is 28.1. The van der Waals surface area contributed by atoms with Gasteiger partial charge in [-0.1, -0.05) is 30.7 Å². The molecular weight excluding hydrogens is 556 g/mol. The highest BCUT2D eigenvalue weighted by atomic mass is 32.2. The molecule has 5 atom stereocenters. The van der Waals surface area contributed by atoms with Crippen molar-refractivity contribution in [3.05, 3.63) is 70.2 Å². The number of aromatic nitrogens is 1. The van der Waals surface area contributed by atoms with Crippen LogP contribution >= 0.6 is 11.3 Å². The van der Waals surface area contributed by atoms with Crippen molar-refractivity contribution in [3.63, 3.8) is 0 Å². The lowest BCUT2D eigenvalue weighted by atomic mass is 9.54. The van der Waals surface area contributed by atoms with Crippen LogP contribution < -0.4 is 9.50 Å². The molecule has 2 fully saturated rings. The van der Waals surface area contributed by atoms with Crippen LogP contribution in [0.4, 0.5) is 5.13 Å². The summed E-state index contributed by atoms with van der Waals surface area (Å²) in [5.41, 5.74) is 3.03. The molecule has 216 valence electrons. The number of nitrogens with zero attached hydrogens (tertiary/aromatic N) is 1. The highest BCUT2D eigenvalue weighted by Crippen LogP contribution is 2.62. The zero-order valence-electron chi connectivity index (χ0n) is 23.7. The number of hydrogen-bond donors (Lipinski definition) is 1. The minimum Gasteiger partial charge on any atom is -0.379 e. The van der Waals surface area contributed by atoms with Gasteiger partial charge in [0.15, 0.2) is 5.13 Å².